The number of hydrogen-bond donors (Lipinski definition) is 2. The maximum Gasteiger partial charge on any atom is 0.240 e. The maximum absolute atomic E-state index is 13.1. The van der Waals surface area contributed by atoms with Crippen LogP contribution < -0.4 is 24.8 Å². The van der Waals surface area contributed by atoms with Crippen LogP contribution >= 0.6 is 0 Å². The Kier molecular flexibility index (Phi) is 7.63. The van der Waals surface area contributed by atoms with E-state index in [1.807, 2.05) is 0 Å². The minimum absolute atomic E-state index is 0.368. The Morgan fingerprint density at radius 2 is 1.43 bits per heavy atom. The molecule has 37 heavy (non-hydrogen) atoms. The molecule has 3 aromatic carbocycles. The molecule has 0 spiro atoms. The Hall–Kier alpha value is -4.92. The monoisotopic (exact) mass is 501 g/mol. The maximum atomic E-state index is 13.1. The van der Waals surface area contributed by atoms with E-state index in [1.165, 1.54) is 30.3 Å². The quantitative estimate of drug-likeness (QED) is 0.230. The summed E-state index contributed by atoms with van der Waals surface area (Å²) in [5, 5.41) is 6.00. The van der Waals surface area contributed by atoms with Crippen molar-refractivity contribution in [1.29, 1.82) is 0 Å². The van der Waals surface area contributed by atoms with Gasteiger partial charge in [0, 0.05) is 29.0 Å². The lowest BCUT2D eigenvalue weighted by molar-refractivity contribution is -0.127. The van der Waals surface area contributed by atoms with Crippen molar-refractivity contribution in [2.24, 2.45) is 5.92 Å². The standard InChI is InChI=1S/C28H24FN3O5/c1-4-21(27(33)31-18-7-5-17(29)6-8-18)28(34)32-19-9-11-20(12-10-19)37-24-13-14-30-23-16-26(36-3)25(35-2)15-22(23)24/h4-16,21H,1H2,2-3H3,(H,31,33)(H,32,34). The first-order chi connectivity index (χ1) is 17.9. The average Bonchev–Trinajstić information content (AvgIpc) is 2.91. The van der Waals surface area contributed by atoms with E-state index in [9.17, 15) is 14.0 Å². The van der Waals surface area contributed by atoms with Gasteiger partial charge < -0.3 is 24.8 Å². The number of halogens is 1. The molecule has 0 fully saturated rings. The number of rotatable bonds is 9. The summed E-state index contributed by atoms with van der Waals surface area (Å²) in [6.07, 6.45) is 2.87. The third kappa shape index (κ3) is 5.84. The normalized spacial score (nSPS) is 11.3. The van der Waals surface area contributed by atoms with E-state index in [0.29, 0.717) is 39.9 Å². The largest absolute Gasteiger partial charge is 0.493 e. The number of anilines is 2. The zero-order chi connectivity index (χ0) is 26.4. The minimum atomic E-state index is -1.16. The highest BCUT2D eigenvalue weighted by atomic mass is 19.1. The number of amides is 2. The minimum Gasteiger partial charge on any atom is -0.493 e. The number of ether oxygens (including phenoxy) is 3. The van der Waals surface area contributed by atoms with Gasteiger partial charge in [-0.1, -0.05) is 6.08 Å². The molecule has 1 atom stereocenters. The molecule has 0 saturated heterocycles. The second-order valence-electron chi connectivity index (χ2n) is 7.86. The number of benzene rings is 3. The highest BCUT2D eigenvalue weighted by molar-refractivity contribution is 6.12. The van der Waals surface area contributed by atoms with Crippen LogP contribution in [-0.4, -0.2) is 31.0 Å². The molecule has 4 rings (SSSR count). The van der Waals surface area contributed by atoms with Crippen molar-refractivity contribution >= 4 is 34.1 Å². The van der Waals surface area contributed by atoms with Gasteiger partial charge in [0.05, 0.1) is 19.7 Å². The van der Waals surface area contributed by atoms with Crippen molar-refractivity contribution in [3.05, 3.63) is 91.4 Å². The summed E-state index contributed by atoms with van der Waals surface area (Å²) in [5.74, 6) is -0.548. The molecule has 2 N–H and O–H groups in total. The molecule has 4 aromatic rings. The zero-order valence-corrected chi connectivity index (χ0v) is 20.2. The summed E-state index contributed by atoms with van der Waals surface area (Å²) in [4.78, 5) is 29.6. The fourth-order valence-corrected chi connectivity index (χ4v) is 3.58. The number of hydrogen-bond acceptors (Lipinski definition) is 6. The average molecular weight is 502 g/mol. The number of nitrogens with zero attached hydrogens (tertiary/aromatic N) is 1. The summed E-state index contributed by atoms with van der Waals surface area (Å²) < 4.78 is 29.9. The Balaban J connectivity index is 1.45. The summed E-state index contributed by atoms with van der Waals surface area (Å²) >= 11 is 0. The van der Waals surface area contributed by atoms with E-state index in [1.54, 1.807) is 62.9 Å². The molecule has 1 aromatic heterocycles. The van der Waals surface area contributed by atoms with E-state index in [-0.39, 0.29) is 0 Å². The Bertz CT molecular complexity index is 1440. The second-order valence-corrected chi connectivity index (χ2v) is 7.86. The number of nitrogens with one attached hydrogen (secondary N) is 2. The van der Waals surface area contributed by atoms with E-state index in [0.717, 1.165) is 5.39 Å². The van der Waals surface area contributed by atoms with Crippen LogP contribution in [0.5, 0.6) is 23.0 Å². The second kappa shape index (κ2) is 11.2. The Morgan fingerprint density at radius 3 is 2.00 bits per heavy atom. The van der Waals surface area contributed by atoms with Crippen LogP contribution in [0, 0.1) is 11.7 Å². The van der Waals surface area contributed by atoms with E-state index in [4.69, 9.17) is 14.2 Å². The topological polar surface area (TPSA) is 98.8 Å². The van der Waals surface area contributed by atoms with Crippen molar-refractivity contribution in [3.8, 4) is 23.0 Å². The third-order valence-electron chi connectivity index (χ3n) is 5.47. The highest BCUT2D eigenvalue weighted by Gasteiger charge is 2.23. The number of carbonyl (C=O) groups excluding carboxylic acids is 2. The number of methoxy groups -OCH3 is 2. The van der Waals surface area contributed by atoms with Crippen molar-refractivity contribution in [2.45, 2.75) is 0 Å². The molecule has 8 nitrogen and oxygen atoms in total. The van der Waals surface area contributed by atoms with Gasteiger partial charge in [-0.2, -0.15) is 0 Å². The summed E-state index contributed by atoms with van der Waals surface area (Å²) in [6, 6.07) is 17.2. The number of aromatic nitrogens is 1. The molecule has 188 valence electrons. The van der Waals surface area contributed by atoms with Crippen LogP contribution in [0.1, 0.15) is 0 Å². The van der Waals surface area contributed by atoms with Gasteiger partial charge in [0.15, 0.2) is 11.5 Å². The molecule has 2 amide bonds. The van der Waals surface area contributed by atoms with Crippen LogP contribution in [-0.2, 0) is 9.59 Å². The smallest absolute Gasteiger partial charge is 0.240 e. The Labute approximate surface area is 212 Å². The van der Waals surface area contributed by atoms with Crippen LogP contribution in [0.2, 0.25) is 0 Å². The van der Waals surface area contributed by atoms with Crippen molar-refractivity contribution in [3.63, 3.8) is 0 Å². The fourth-order valence-electron chi connectivity index (χ4n) is 3.58. The number of pyridine rings is 1. The van der Waals surface area contributed by atoms with Gasteiger partial charge in [-0.3, -0.25) is 14.6 Å². The van der Waals surface area contributed by atoms with Gasteiger partial charge in [-0.15, -0.1) is 6.58 Å². The Morgan fingerprint density at radius 1 is 0.865 bits per heavy atom. The molecule has 0 aliphatic rings. The van der Waals surface area contributed by atoms with Gasteiger partial charge in [0.1, 0.15) is 23.2 Å². The molecule has 1 heterocycles. The highest BCUT2D eigenvalue weighted by Crippen LogP contribution is 2.37. The van der Waals surface area contributed by atoms with E-state index >= 15 is 0 Å². The third-order valence-corrected chi connectivity index (χ3v) is 5.47. The van der Waals surface area contributed by atoms with Crippen LogP contribution in [0.3, 0.4) is 0 Å². The molecule has 0 aliphatic carbocycles. The van der Waals surface area contributed by atoms with E-state index < -0.39 is 23.5 Å². The van der Waals surface area contributed by atoms with Gasteiger partial charge in [-0.05, 0) is 60.7 Å². The predicted molar refractivity (Wildman–Crippen MR) is 139 cm³/mol. The van der Waals surface area contributed by atoms with Crippen LogP contribution in [0.15, 0.2) is 85.6 Å². The van der Waals surface area contributed by atoms with Crippen molar-refractivity contribution in [1.82, 2.24) is 4.98 Å². The summed E-state index contributed by atoms with van der Waals surface area (Å²) in [7, 11) is 3.11. The van der Waals surface area contributed by atoms with Gasteiger partial charge in [0.2, 0.25) is 11.8 Å². The molecule has 0 bridgehead atoms. The summed E-state index contributed by atoms with van der Waals surface area (Å²) in [5.41, 5.74) is 1.51. The lowest BCUT2D eigenvalue weighted by atomic mass is 10.1. The molecule has 0 saturated carbocycles. The zero-order valence-electron chi connectivity index (χ0n) is 20.2. The number of fused-ring (bicyclic) bond motifs is 1. The van der Waals surface area contributed by atoms with Gasteiger partial charge >= 0.3 is 0 Å². The SMILES string of the molecule is C=CC(C(=O)Nc1ccc(F)cc1)C(=O)Nc1ccc(Oc2ccnc3cc(OC)c(OC)cc23)cc1. The van der Waals surface area contributed by atoms with Gasteiger partial charge in [0.25, 0.3) is 0 Å². The first-order valence-electron chi connectivity index (χ1n) is 11.2. The molecule has 0 radical (unpaired) electrons. The molecular weight excluding hydrogens is 477 g/mol. The molecule has 0 aliphatic heterocycles. The molecule has 9 heteroatoms. The van der Waals surface area contributed by atoms with Crippen LogP contribution in [0.4, 0.5) is 15.8 Å². The fraction of sp³-hybridized carbons (Fsp3) is 0.107. The van der Waals surface area contributed by atoms with E-state index in [2.05, 4.69) is 22.2 Å². The first kappa shape index (κ1) is 25.2. The number of carbonyl (C=O) groups is 2. The van der Waals surface area contributed by atoms with Crippen molar-refractivity contribution in [2.75, 3.05) is 24.9 Å². The lowest BCUT2D eigenvalue weighted by Crippen LogP contribution is -2.32. The van der Waals surface area contributed by atoms with Crippen LogP contribution in [0.25, 0.3) is 10.9 Å². The first-order valence-corrected chi connectivity index (χ1v) is 11.2. The summed E-state index contributed by atoms with van der Waals surface area (Å²) in [6.45, 7) is 3.59. The van der Waals surface area contributed by atoms with Crippen molar-refractivity contribution < 1.29 is 28.2 Å². The lowest BCUT2D eigenvalue weighted by Gasteiger charge is -2.14. The van der Waals surface area contributed by atoms with Gasteiger partial charge in [-0.25, -0.2) is 4.39 Å². The molecule has 1 unspecified atom stereocenters. The molecular formula is C28H24FN3O5. The predicted octanol–water partition coefficient (Wildman–Crippen LogP) is 5.56.